The molecule has 0 aromatic heterocycles. The lowest BCUT2D eigenvalue weighted by atomic mass is 10.0. The van der Waals surface area contributed by atoms with E-state index < -0.39 is 5.60 Å². The Labute approximate surface area is 109 Å². The van der Waals surface area contributed by atoms with Crippen molar-refractivity contribution < 1.29 is 9.53 Å². The summed E-state index contributed by atoms with van der Waals surface area (Å²) in [5, 5.41) is 14.6. The molecule has 0 bridgehead atoms. The van der Waals surface area contributed by atoms with Gasteiger partial charge in [-0.15, -0.1) is 0 Å². The number of nitrogens with one attached hydrogen (secondary N) is 2. The van der Waals surface area contributed by atoms with E-state index in [-0.39, 0.29) is 6.09 Å². The first kappa shape index (κ1) is 14.8. The molecule has 1 amide bonds. The predicted molar refractivity (Wildman–Crippen MR) is 69.0 cm³/mol. The van der Waals surface area contributed by atoms with Gasteiger partial charge in [-0.25, -0.2) is 4.79 Å². The van der Waals surface area contributed by atoms with Gasteiger partial charge < -0.3 is 15.4 Å². The van der Waals surface area contributed by atoms with Gasteiger partial charge in [0.2, 0.25) is 0 Å². The van der Waals surface area contributed by atoms with Crippen molar-refractivity contribution in [2.24, 2.45) is 5.92 Å². The highest BCUT2D eigenvalue weighted by atomic mass is 16.6. The number of hydrogen-bond acceptors (Lipinski definition) is 4. The highest BCUT2D eigenvalue weighted by Gasteiger charge is 2.27. The molecule has 1 fully saturated rings. The lowest BCUT2D eigenvalue weighted by Gasteiger charge is -2.23. The van der Waals surface area contributed by atoms with Crippen LogP contribution in [0.1, 0.15) is 40.0 Å². The Kier molecular flexibility index (Phi) is 5.42. The van der Waals surface area contributed by atoms with Gasteiger partial charge in [0.25, 0.3) is 0 Å². The topological polar surface area (TPSA) is 74.2 Å². The molecule has 5 nitrogen and oxygen atoms in total. The summed E-state index contributed by atoms with van der Waals surface area (Å²) in [6, 6.07) is 2.42. The molecular weight excluding hydrogens is 230 g/mol. The molecule has 0 spiro atoms. The number of carbonyl (C=O) groups excluding carboxylic acids is 1. The van der Waals surface area contributed by atoms with Gasteiger partial charge in [-0.05, 0) is 39.5 Å². The zero-order valence-corrected chi connectivity index (χ0v) is 11.5. The summed E-state index contributed by atoms with van der Waals surface area (Å²) in [4.78, 5) is 11.5. The van der Waals surface area contributed by atoms with Crippen molar-refractivity contribution in [3.63, 3.8) is 0 Å². The van der Waals surface area contributed by atoms with Crippen LogP contribution in [0.15, 0.2) is 0 Å². The standard InChI is InChI=1S/C13H23N3O2/c1-13(2,3)18-12(17)16-9-10-5-4-6-11(10)15-8-7-14/h10-11,15H,4-6,8-9H2,1-3H3,(H,16,17)/t10-,11-/m0/s1. The van der Waals surface area contributed by atoms with E-state index in [1.807, 2.05) is 20.8 Å². The Balaban J connectivity index is 2.29. The fraction of sp³-hybridized carbons (Fsp3) is 0.846. The van der Waals surface area contributed by atoms with Crippen molar-refractivity contribution in [2.75, 3.05) is 13.1 Å². The Hall–Kier alpha value is -1.28. The van der Waals surface area contributed by atoms with Crippen LogP contribution >= 0.6 is 0 Å². The van der Waals surface area contributed by atoms with E-state index in [4.69, 9.17) is 10.00 Å². The average Bonchev–Trinajstić information content (AvgIpc) is 2.68. The SMILES string of the molecule is CC(C)(C)OC(=O)NC[C@@H]1CCC[C@@H]1NCC#N. The monoisotopic (exact) mass is 253 g/mol. The molecule has 0 aromatic carbocycles. The predicted octanol–water partition coefficient (Wildman–Crippen LogP) is 1.79. The molecule has 1 aliphatic rings. The Morgan fingerprint density at radius 1 is 1.44 bits per heavy atom. The summed E-state index contributed by atoms with van der Waals surface area (Å²) in [6.45, 7) is 6.52. The zero-order valence-electron chi connectivity index (χ0n) is 11.5. The molecule has 5 heteroatoms. The van der Waals surface area contributed by atoms with E-state index in [1.165, 1.54) is 0 Å². The van der Waals surface area contributed by atoms with E-state index in [2.05, 4.69) is 16.7 Å². The summed E-state index contributed by atoms with van der Waals surface area (Å²) < 4.78 is 5.19. The molecule has 2 N–H and O–H groups in total. The molecular formula is C13H23N3O2. The normalized spacial score (nSPS) is 23.4. The molecule has 1 saturated carbocycles. The van der Waals surface area contributed by atoms with Crippen molar-refractivity contribution in [2.45, 2.75) is 51.7 Å². The number of hydrogen-bond donors (Lipinski definition) is 2. The third kappa shape index (κ3) is 5.37. The van der Waals surface area contributed by atoms with Gasteiger partial charge in [-0.3, -0.25) is 0 Å². The van der Waals surface area contributed by atoms with Crippen LogP contribution in [0.3, 0.4) is 0 Å². The van der Waals surface area contributed by atoms with Gasteiger partial charge >= 0.3 is 6.09 Å². The fourth-order valence-corrected chi connectivity index (χ4v) is 2.26. The number of carbonyl (C=O) groups is 1. The number of rotatable bonds is 4. The van der Waals surface area contributed by atoms with Crippen molar-refractivity contribution >= 4 is 6.09 Å². The quantitative estimate of drug-likeness (QED) is 0.749. The lowest BCUT2D eigenvalue weighted by Crippen LogP contribution is -2.41. The number of nitriles is 1. The fourth-order valence-electron chi connectivity index (χ4n) is 2.26. The summed E-state index contributed by atoms with van der Waals surface area (Å²) in [7, 11) is 0. The van der Waals surface area contributed by atoms with E-state index in [9.17, 15) is 4.79 Å². The van der Waals surface area contributed by atoms with Gasteiger partial charge in [-0.1, -0.05) is 6.42 Å². The highest BCUT2D eigenvalue weighted by molar-refractivity contribution is 5.67. The second kappa shape index (κ2) is 6.60. The van der Waals surface area contributed by atoms with Crippen molar-refractivity contribution in [3.05, 3.63) is 0 Å². The molecule has 1 rings (SSSR count). The molecule has 0 aromatic rings. The summed E-state index contributed by atoms with van der Waals surface area (Å²) in [6.07, 6.45) is 2.93. The Morgan fingerprint density at radius 3 is 2.78 bits per heavy atom. The maximum Gasteiger partial charge on any atom is 0.407 e. The van der Waals surface area contributed by atoms with Gasteiger partial charge in [0.05, 0.1) is 12.6 Å². The molecule has 2 atom stereocenters. The second-order valence-corrected chi connectivity index (χ2v) is 5.72. The zero-order chi connectivity index (χ0) is 13.6. The van der Waals surface area contributed by atoms with E-state index >= 15 is 0 Å². The summed E-state index contributed by atoms with van der Waals surface area (Å²) >= 11 is 0. The van der Waals surface area contributed by atoms with Crippen molar-refractivity contribution in [1.29, 1.82) is 5.26 Å². The molecule has 0 aliphatic heterocycles. The minimum absolute atomic E-state index is 0.333. The molecule has 1 aliphatic carbocycles. The first-order chi connectivity index (χ1) is 8.42. The van der Waals surface area contributed by atoms with Crippen LogP contribution in [0.25, 0.3) is 0 Å². The first-order valence-electron chi connectivity index (χ1n) is 6.49. The van der Waals surface area contributed by atoms with E-state index in [1.54, 1.807) is 0 Å². The lowest BCUT2D eigenvalue weighted by molar-refractivity contribution is 0.0517. The van der Waals surface area contributed by atoms with Gasteiger partial charge in [0.1, 0.15) is 5.60 Å². The van der Waals surface area contributed by atoms with Crippen molar-refractivity contribution in [1.82, 2.24) is 10.6 Å². The number of amides is 1. The maximum atomic E-state index is 11.5. The van der Waals surface area contributed by atoms with Gasteiger partial charge in [0, 0.05) is 12.6 Å². The maximum absolute atomic E-state index is 11.5. The highest BCUT2D eigenvalue weighted by Crippen LogP contribution is 2.24. The van der Waals surface area contributed by atoms with Crippen LogP contribution in [-0.2, 0) is 4.74 Å². The molecule has 0 heterocycles. The molecule has 0 saturated heterocycles. The van der Waals surface area contributed by atoms with Crippen LogP contribution in [0, 0.1) is 17.2 Å². The van der Waals surface area contributed by atoms with Gasteiger partial charge in [-0.2, -0.15) is 5.26 Å². The summed E-state index contributed by atoms with van der Waals surface area (Å²) in [5.41, 5.74) is -0.460. The van der Waals surface area contributed by atoms with Crippen LogP contribution in [-0.4, -0.2) is 30.8 Å². The average molecular weight is 253 g/mol. The smallest absolute Gasteiger partial charge is 0.407 e. The number of ether oxygens (including phenoxy) is 1. The first-order valence-corrected chi connectivity index (χ1v) is 6.49. The van der Waals surface area contributed by atoms with Gasteiger partial charge in [0.15, 0.2) is 0 Å². The molecule has 0 unspecified atom stereocenters. The Bertz CT molecular complexity index is 317. The Morgan fingerprint density at radius 2 is 2.17 bits per heavy atom. The molecule has 0 radical (unpaired) electrons. The number of nitrogens with zero attached hydrogens (tertiary/aromatic N) is 1. The third-order valence-corrected chi connectivity index (χ3v) is 3.01. The van der Waals surface area contributed by atoms with Crippen molar-refractivity contribution in [3.8, 4) is 6.07 Å². The largest absolute Gasteiger partial charge is 0.444 e. The van der Waals surface area contributed by atoms with Crippen LogP contribution in [0.2, 0.25) is 0 Å². The van der Waals surface area contributed by atoms with Crippen LogP contribution < -0.4 is 10.6 Å². The second-order valence-electron chi connectivity index (χ2n) is 5.72. The summed E-state index contributed by atoms with van der Waals surface area (Å²) in [5.74, 6) is 0.394. The van der Waals surface area contributed by atoms with Crippen LogP contribution in [0.5, 0.6) is 0 Å². The van der Waals surface area contributed by atoms with Crippen LogP contribution in [0.4, 0.5) is 4.79 Å². The number of alkyl carbamates (subject to hydrolysis) is 1. The molecule has 18 heavy (non-hydrogen) atoms. The van der Waals surface area contributed by atoms with E-state index in [0.29, 0.717) is 25.0 Å². The molecule has 102 valence electrons. The minimum Gasteiger partial charge on any atom is -0.444 e. The minimum atomic E-state index is -0.460. The third-order valence-electron chi connectivity index (χ3n) is 3.01. The van der Waals surface area contributed by atoms with E-state index in [0.717, 1.165) is 19.3 Å².